The highest BCUT2D eigenvalue weighted by Gasteiger charge is 2.32. The summed E-state index contributed by atoms with van der Waals surface area (Å²) >= 11 is 5.83. The van der Waals surface area contributed by atoms with Crippen LogP contribution in [-0.2, 0) is 25.8 Å². The molecule has 0 radical (unpaired) electrons. The summed E-state index contributed by atoms with van der Waals surface area (Å²) in [5.74, 6) is -1.01. The molecule has 2 heterocycles. The summed E-state index contributed by atoms with van der Waals surface area (Å²) in [7, 11) is -3.92. The molecule has 0 saturated heterocycles. The van der Waals surface area contributed by atoms with Crippen molar-refractivity contribution in [3.63, 3.8) is 0 Å². The number of furan rings is 2. The Bertz CT molecular complexity index is 1080. The van der Waals surface area contributed by atoms with Crippen LogP contribution < -0.4 is 10.6 Å². The molecule has 0 spiro atoms. The molecule has 0 aliphatic rings. The second-order valence-corrected chi connectivity index (χ2v) is 8.87. The molecular weight excluding hydrogens is 432 g/mol. The monoisotopic (exact) mass is 450 g/mol. The van der Waals surface area contributed by atoms with Gasteiger partial charge in [-0.05, 0) is 48.5 Å². The number of hydrogen-bond acceptors (Lipinski definition) is 6. The maximum Gasteiger partial charge on any atom is 0.309 e. The zero-order chi connectivity index (χ0) is 21.6. The number of hydrogen-bond donors (Lipinski definition) is 2. The first kappa shape index (κ1) is 21.7. The van der Waals surface area contributed by atoms with Crippen molar-refractivity contribution in [1.29, 1.82) is 0 Å². The van der Waals surface area contributed by atoms with Gasteiger partial charge in [0.25, 0.3) is 0 Å². The van der Waals surface area contributed by atoms with Crippen molar-refractivity contribution >= 4 is 33.3 Å². The average molecular weight is 451 g/mol. The zero-order valence-corrected chi connectivity index (χ0v) is 17.3. The van der Waals surface area contributed by atoms with Gasteiger partial charge in [-0.2, -0.15) is 0 Å². The fraction of sp³-hybridized carbons (Fsp3) is 0.200. The summed E-state index contributed by atoms with van der Waals surface area (Å²) in [6, 6.07) is 12.2. The summed E-state index contributed by atoms with van der Waals surface area (Å²) in [6.45, 7) is -0.145. The van der Waals surface area contributed by atoms with Gasteiger partial charge >= 0.3 is 11.8 Å². The van der Waals surface area contributed by atoms with Crippen LogP contribution in [0.5, 0.6) is 0 Å². The van der Waals surface area contributed by atoms with Crippen LogP contribution >= 0.6 is 11.6 Å². The zero-order valence-electron chi connectivity index (χ0n) is 15.7. The van der Waals surface area contributed by atoms with E-state index in [0.29, 0.717) is 17.2 Å². The second-order valence-electron chi connectivity index (χ2n) is 6.30. The topological polar surface area (TPSA) is 119 Å². The Balaban J connectivity index is 1.65. The third-order valence-corrected chi connectivity index (χ3v) is 6.60. The predicted octanol–water partition coefficient (Wildman–Crippen LogP) is 2.52. The van der Waals surface area contributed by atoms with Gasteiger partial charge < -0.3 is 19.5 Å². The van der Waals surface area contributed by atoms with E-state index >= 15 is 0 Å². The average Bonchev–Trinajstić information content (AvgIpc) is 3.42. The molecule has 1 unspecified atom stereocenters. The van der Waals surface area contributed by atoms with Crippen molar-refractivity contribution in [3.8, 4) is 0 Å². The maximum atomic E-state index is 13.1. The predicted molar refractivity (Wildman–Crippen MR) is 109 cm³/mol. The van der Waals surface area contributed by atoms with E-state index in [2.05, 4.69) is 10.6 Å². The lowest BCUT2D eigenvalue weighted by molar-refractivity contribution is -0.139. The van der Waals surface area contributed by atoms with Crippen molar-refractivity contribution in [2.75, 3.05) is 13.1 Å². The number of nitrogens with one attached hydrogen (secondary N) is 2. The van der Waals surface area contributed by atoms with E-state index in [9.17, 15) is 18.0 Å². The molecule has 1 atom stereocenters. The van der Waals surface area contributed by atoms with Crippen LogP contribution in [0, 0.1) is 0 Å². The highest BCUT2D eigenvalue weighted by Crippen LogP contribution is 2.29. The Morgan fingerprint density at radius 3 is 2.23 bits per heavy atom. The summed E-state index contributed by atoms with van der Waals surface area (Å²) < 4.78 is 36.5. The molecule has 1 aromatic carbocycles. The van der Waals surface area contributed by atoms with E-state index in [-0.39, 0.29) is 23.7 Å². The van der Waals surface area contributed by atoms with Gasteiger partial charge in [0.15, 0.2) is 9.84 Å². The van der Waals surface area contributed by atoms with Crippen LogP contribution in [0.2, 0.25) is 5.02 Å². The van der Waals surface area contributed by atoms with Gasteiger partial charge in [-0.1, -0.05) is 11.6 Å². The van der Waals surface area contributed by atoms with Crippen molar-refractivity contribution in [2.24, 2.45) is 0 Å². The summed E-state index contributed by atoms with van der Waals surface area (Å²) in [5, 5.41) is 4.00. The minimum atomic E-state index is -3.92. The van der Waals surface area contributed by atoms with Crippen LogP contribution in [-0.4, -0.2) is 33.3 Å². The first-order valence-electron chi connectivity index (χ1n) is 8.99. The Labute approximate surface area is 178 Å². The molecule has 2 amide bonds. The summed E-state index contributed by atoms with van der Waals surface area (Å²) in [4.78, 5) is 24.1. The lowest BCUT2D eigenvalue weighted by Gasteiger charge is -2.16. The molecule has 0 saturated carbocycles. The van der Waals surface area contributed by atoms with E-state index < -0.39 is 26.9 Å². The smallest absolute Gasteiger partial charge is 0.309 e. The van der Waals surface area contributed by atoms with Crippen LogP contribution in [0.15, 0.2) is 74.8 Å². The number of carbonyl (C=O) groups excluding carboxylic acids is 2. The molecule has 0 bridgehead atoms. The molecule has 0 aliphatic carbocycles. The third kappa shape index (κ3) is 5.31. The van der Waals surface area contributed by atoms with Crippen LogP contribution in [0.3, 0.4) is 0 Å². The van der Waals surface area contributed by atoms with Gasteiger partial charge in [0.2, 0.25) is 0 Å². The van der Waals surface area contributed by atoms with Gasteiger partial charge in [-0.15, -0.1) is 0 Å². The summed E-state index contributed by atoms with van der Waals surface area (Å²) in [6.07, 6.45) is 3.27. The fourth-order valence-electron chi connectivity index (χ4n) is 2.73. The Hall–Kier alpha value is -3.04. The summed E-state index contributed by atoms with van der Waals surface area (Å²) in [5.41, 5.74) is 0. The lowest BCUT2D eigenvalue weighted by Crippen LogP contribution is -2.42. The molecule has 2 aromatic heterocycles. The maximum absolute atomic E-state index is 13.1. The lowest BCUT2D eigenvalue weighted by atomic mass is 10.3. The SMILES string of the molecule is O=C(NCCc1ccco1)C(=O)NCC(c1ccco1)S(=O)(=O)c1ccc(Cl)cc1. The van der Waals surface area contributed by atoms with E-state index in [4.69, 9.17) is 20.4 Å². The van der Waals surface area contributed by atoms with Crippen molar-refractivity contribution < 1.29 is 26.8 Å². The normalized spacial score (nSPS) is 12.3. The van der Waals surface area contributed by atoms with Gasteiger partial charge in [-0.3, -0.25) is 9.59 Å². The Kier molecular flexibility index (Phi) is 6.96. The van der Waals surface area contributed by atoms with E-state index in [1.807, 2.05) is 0 Å². The molecule has 3 aromatic rings. The third-order valence-electron chi connectivity index (χ3n) is 4.27. The van der Waals surface area contributed by atoms with E-state index in [0.717, 1.165) is 0 Å². The number of carbonyl (C=O) groups is 2. The molecule has 8 nitrogen and oxygen atoms in total. The molecule has 30 heavy (non-hydrogen) atoms. The Morgan fingerprint density at radius 2 is 1.60 bits per heavy atom. The van der Waals surface area contributed by atoms with Gasteiger partial charge in [0, 0.05) is 24.5 Å². The van der Waals surface area contributed by atoms with E-state index in [1.54, 1.807) is 18.2 Å². The highest BCUT2D eigenvalue weighted by molar-refractivity contribution is 7.91. The number of benzene rings is 1. The molecule has 2 N–H and O–H groups in total. The van der Waals surface area contributed by atoms with Crippen molar-refractivity contribution in [3.05, 3.63) is 77.6 Å². The first-order valence-corrected chi connectivity index (χ1v) is 10.9. The molecule has 158 valence electrons. The molecule has 0 aliphatic heterocycles. The second kappa shape index (κ2) is 9.64. The number of amides is 2. The number of rotatable bonds is 8. The van der Waals surface area contributed by atoms with Gasteiger partial charge in [0.1, 0.15) is 16.8 Å². The molecule has 3 rings (SSSR count). The number of halogens is 1. The number of sulfone groups is 1. The molecule has 0 fully saturated rings. The van der Waals surface area contributed by atoms with Gasteiger partial charge in [0.05, 0.1) is 17.4 Å². The van der Waals surface area contributed by atoms with Crippen LogP contribution in [0.25, 0.3) is 0 Å². The quantitative estimate of drug-likeness (QED) is 0.509. The van der Waals surface area contributed by atoms with Gasteiger partial charge in [-0.25, -0.2) is 8.42 Å². The molecule has 10 heteroatoms. The van der Waals surface area contributed by atoms with Crippen LogP contribution in [0.4, 0.5) is 0 Å². The largest absolute Gasteiger partial charge is 0.469 e. The minimum absolute atomic E-state index is 0.0189. The minimum Gasteiger partial charge on any atom is -0.469 e. The van der Waals surface area contributed by atoms with Crippen LogP contribution in [0.1, 0.15) is 16.8 Å². The first-order chi connectivity index (χ1) is 14.4. The standard InChI is InChI=1S/C20H19ClN2O6S/c21-14-5-7-16(8-6-14)30(26,27)18(17-4-2-12-29-17)13-23-20(25)19(24)22-10-9-15-3-1-11-28-15/h1-8,11-12,18H,9-10,13H2,(H,22,24)(H,23,25). The van der Waals surface area contributed by atoms with Crippen molar-refractivity contribution in [2.45, 2.75) is 16.6 Å². The van der Waals surface area contributed by atoms with E-state index in [1.165, 1.54) is 42.9 Å². The van der Waals surface area contributed by atoms with Crippen molar-refractivity contribution in [1.82, 2.24) is 10.6 Å². The highest BCUT2D eigenvalue weighted by atomic mass is 35.5. The molecular formula is C20H19ClN2O6S. The Morgan fingerprint density at radius 1 is 0.933 bits per heavy atom. The fourth-order valence-corrected chi connectivity index (χ4v) is 4.44.